The van der Waals surface area contributed by atoms with Crippen molar-refractivity contribution in [3.05, 3.63) is 182 Å². The maximum atomic E-state index is 13.0. The van der Waals surface area contributed by atoms with Crippen LogP contribution >= 0.6 is 11.3 Å². The summed E-state index contributed by atoms with van der Waals surface area (Å²) in [4.78, 5) is 40.0. The third-order valence-electron chi connectivity index (χ3n) is 15.3. The van der Waals surface area contributed by atoms with E-state index in [2.05, 4.69) is 90.1 Å². The molecule has 0 spiro atoms. The summed E-state index contributed by atoms with van der Waals surface area (Å²) in [7, 11) is 0. The molecule has 0 amide bonds. The summed E-state index contributed by atoms with van der Waals surface area (Å²) in [5.74, 6) is 5.36. The van der Waals surface area contributed by atoms with E-state index in [9.17, 15) is 14.4 Å². The monoisotopic (exact) mass is 1160 g/mol. The third kappa shape index (κ3) is 23.6. The van der Waals surface area contributed by atoms with Crippen LogP contribution in [0.1, 0.15) is 146 Å². The van der Waals surface area contributed by atoms with Gasteiger partial charge in [0, 0.05) is 24.0 Å². The van der Waals surface area contributed by atoms with Crippen molar-refractivity contribution in [1.29, 1.82) is 0 Å². The third-order valence-corrected chi connectivity index (χ3v) is 16.3. The molecular formula is C71H89N3O9S. The predicted molar refractivity (Wildman–Crippen MR) is 342 cm³/mol. The summed E-state index contributed by atoms with van der Waals surface area (Å²) < 4.78 is 35.3. The number of ketones is 1. The van der Waals surface area contributed by atoms with Gasteiger partial charge < -0.3 is 28.4 Å². The lowest BCUT2D eigenvalue weighted by Crippen LogP contribution is -2.26. The molecule has 4 aromatic carbocycles. The molecule has 0 unspecified atom stereocenters. The van der Waals surface area contributed by atoms with Crippen LogP contribution in [0.3, 0.4) is 0 Å². The van der Waals surface area contributed by atoms with Gasteiger partial charge in [-0.2, -0.15) is 5.10 Å². The van der Waals surface area contributed by atoms with E-state index >= 15 is 0 Å². The second-order valence-electron chi connectivity index (χ2n) is 22.1. The first-order valence-corrected chi connectivity index (χ1v) is 31.0. The lowest BCUT2D eigenvalue weighted by Gasteiger charge is -2.27. The van der Waals surface area contributed by atoms with Crippen molar-refractivity contribution in [2.75, 3.05) is 31.4 Å². The van der Waals surface area contributed by atoms with Gasteiger partial charge in [0.1, 0.15) is 28.8 Å². The van der Waals surface area contributed by atoms with E-state index in [1.807, 2.05) is 53.7 Å². The molecule has 2 fully saturated rings. The van der Waals surface area contributed by atoms with Crippen LogP contribution in [0.25, 0.3) is 10.2 Å². The van der Waals surface area contributed by atoms with E-state index in [4.69, 9.17) is 38.5 Å². The average molecular weight is 1160 g/mol. The number of fused-ring (bicyclic) bond motifs is 1. The topological polar surface area (TPSA) is 135 Å². The molecule has 7 rings (SSSR count). The van der Waals surface area contributed by atoms with Gasteiger partial charge in [-0.25, -0.2) is 14.8 Å². The SMILES string of the molecule is C=CC(=O)CCCCCCCOC(=C)/C=C\C(=C)OC(=C)C1CCC(C)CC1.C=CC(=O)OCCCCCCOc1ccc(OC(=O)C2CCC(CCOc3ccc(C)c(/C=N/N(c4ccc(C)cc4)c4nc5ccccc5s4)c3)CC2)cc1. The van der Waals surface area contributed by atoms with Crippen molar-refractivity contribution < 1.29 is 42.8 Å². The number of allylic oxidation sites excluding steroid dienone is 4. The normalized spacial score (nSPS) is 16.7. The Kier molecular flexibility index (Phi) is 28.3. The Morgan fingerprint density at radius 1 is 0.655 bits per heavy atom. The van der Waals surface area contributed by atoms with Gasteiger partial charge in [-0.3, -0.25) is 9.59 Å². The first kappa shape index (κ1) is 65.6. The second-order valence-corrected chi connectivity index (χ2v) is 23.1. The zero-order chi connectivity index (χ0) is 59.9. The Balaban J connectivity index is 0.000000341. The van der Waals surface area contributed by atoms with Gasteiger partial charge in [-0.05, 0) is 194 Å². The van der Waals surface area contributed by atoms with E-state index in [0.717, 1.165) is 158 Å². The highest BCUT2D eigenvalue weighted by Gasteiger charge is 2.28. The van der Waals surface area contributed by atoms with Gasteiger partial charge in [0.2, 0.25) is 5.13 Å². The number of carbonyl (C=O) groups excluding carboxylic acids is 3. The van der Waals surface area contributed by atoms with Crippen molar-refractivity contribution in [2.45, 2.75) is 143 Å². The van der Waals surface area contributed by atoms with Crippen LogP contribution < -0.4 is 19.2 Å². The first-order chi connectivity index (χ1) is 40.8. The molecule has 1 aromatic heterocycles. The highest BCUT2D eigenvalue weighted by Crippen LogP contribution is 2.36. The molecule has 1 heterocycles. The lowest BCUT2D eigenvalue weighted by molar-refractivity contribution is -0.140. The summed E-state index contributed by atoms with van der Waals surface area (Å²) in [6.45, 7) is 27.5. The summed E-state index contributed by atoms with van der Waals surface area (Å²) in [6.07, 6.45) is 26.8. The number of anilines is 2. The van der Waals surface area contributed by atoms with Gasteiger partial charge >= 0.3 is 11.9 Å². The molecule has 0 aliphatic heterocycles. The van der Waals surface area contributed by atoms with Crippen LogP contribution in [0.15, 0.2) is 171 Å². The molecule has 0 atom stereocenters. The Morgan fingerprint density at radius 3 is 1.98 bits per heavy atom. The molecule has 13 heteroatoms. The van der Waals surface area contributed by atoms with Crippen LogP contribution in [0.5, 0.6) is 17.2 Å². The molecule has 5 aromatic rings. The van der Waals surface area contributed by atoms with E-state index in [-0.39, 0.29) is 23.6 Å². The molecule has 12 nitrogen and oxygen atoms in total. The van der Waals surface area contributed by atoms with Crippen LogP contribution in [0.2, 0.25) is 0 Å². The quantitative estimate of drug-likeness (QED) is 0.00569. The van der Waals surface area contributed by atoms with Crippen molar-refractivity contribution >= 4 is 56.3 Å². The van der Waals surface area contributed by atoms with E-state index in [0.29, 0.717) is 62.0 Å². The predicted octanol–water partition coefficient (Wildman–Crippen LogP) is 18.0. The largest absolute Gasteiger partial charge is 0.494 e. The number of unbranched alkanes of at least 4 members (excludes halogenated alkanes) is 7. The number of rotatable bonds is 34. The van der Waals surface area contributed by atoms with Crippen molar-refractivity contribution in [2.24, 2.45) is 28.8 Å². The van der Waals surface area contributed by atoms with Crippen LogP contribution in [0, 0.1) is 37.5 Å². The minimum atomic E-state index is -0.381. The summed E-state index contributed by atoms with van der Waals surface area (Å²) in [5.41, 5.74) is 5.17. The Labute approximate surface area is 504 Å². The molecular weight excluding hydrogens is 1070 g/mol. The van der Waals surface area contributed by atoms with Gasteiger partial charge in [-0.1, -0.05) is 119 Å². The fourth-order valence-corrected chi connectivity index (χ4v) is 10.9. The number of benzene rings is 4. The zero-order valence-corrected chi connectivity index (χ0v) is 50.9. The van der Waals surface area contributed by atoms with Crippen molar-refractivity contribution in [1.82, 2.24) is 4.98 Å². The Morgan fingerprint density at radius 2 is 1.27 bits per heavy atom. The van der Waals surface area contributed by atoms with Crippen LogP contribution in [0.4, 0.5) is 10.8 Å². The van der Waals surface area contributed by atoms with E-state index in [1.54, 1.807) is 35.6 Å². The molecule has 2 saturated carbocycles. The molecule has 2 aliphatic carbocycles. The Bertz CT molecular complexity index is 2930. The maximum absolute atomic E-state index is 13.0. The zero-order valence-electron chi connectivity index (χ0n) is 50.1. The number of hydrogen-bond acceptors (Lipinski definition) is 13. The average Bonchev–Trinajstić information content (AvgIpc) is 4.20. The smallest absolute Gasteiger partial charge is 0.330 e. The number of nitrogens with zero attached hydrogens (tertiary/aromatic N) is 3. The number of hydrazone groups is 1. The van der Waals surface area contributed by atoms with Gasteiger partial charge in [0.25, 0.3) is 0 Å². The number of aryl methyl sites for hydroxylation is 2. The maximum Gasteiger partial charge on any atom is 0.330 e. The minimum absolute atomic E-state index is 0.0930. The molecule has 448 valence electrons. The number of ether oxygens (including phenoxy) is 6. The number of esters is 2. The highest BCUT2D eigenvalue weighted by atomic mass is 32.1. The van der Waals surface area contributed by atoms with Crippen LogP contribution in [-0.2, 0) is 28.6 Å². The van der Waals surface area contributed by atoms with Gasteiger partial charge in [0.15, 0.2) is 5.78 Å². The highest BCUT2D eigenvalue weighted by molar-refractivity contribution is 7.22. The first-order valence-electron chi connectivity index (χ1n) is 30.2. The van der Waals surface area contributed by atoms with Crippen molar-refractivity contribution in [3.8, 4) is 17.2 Å². The standard InChI is InChI=1S/C46H51N3O6S.C25H38O3/c1-4-44(50)54-29-10-6-5-9-28-52-39-23-25-40(26-24-39)55-45(51)36-18-16-35(17-19-36)27-30-53-41-22-15-34(3)37(31-41)32-47-49(38-20-13-33(2)14-21-38)46-48-42-11-7-8-12-43(42)56-46;1-6-25(26)12-10-8-7-9-11-19-27-21(3)15-16-22(4)28-23(5)24-17-13-20(2)14-18-24/h4,7-8,11-15,20-26,31-32,35-36H,1,5-6,9-10,16-19,27-30H2,2-3H3;6,15-16,20,24H,1,3-5,7-14,17-19H2,2H3/b47-32+;16-15-. The van der Waals surface area contributed by atoms with Crippen molar-refractivity contribution in [3.63, 3.8) is 0 Å². The minimum Gasteiger partial charge on any atom is -0.494 e. The number of aromatic nitrogens is 1. The van der Waals surface area contributed by atoms with Crippen LogP contribution in [-0.4, -0.2) is 55.3 Å². The number of para-hydroxylation sites is 1. The van der Waals surface area contributed by atoms with Gasteiger partial charge in [-0.15, -0.1) is 0 Å². The molecule has 0 saturated heterocycles. The summed E-state index contributed by atoms with van der Waals surface area (Å²) in [5, 5.41) is 7.65. The molecule has 84 heavy (non-hydrogen) atoms. The molecule has 0 bridgehead atoms. The fraction of sp³-hybridized carbons (Fsp3) is 0.423. The molecule has 2 aliphatic rings. The van der Waals surface area contributed by atoms with Gasteiger partial charge in [0.05, 0.1) is 60.2 Å². The van der Waals surface area contributed by atoms with E-state index in [1.165, 1.54) is 30.6 Å². The van der Waals surface area contributed by atoms with E-state index < -0.39 is 0 Å². The lowest BCUT2D eigenvalue weighted by atomic mass is 9.81. The number of carbonyl (C=O) groups is 3. The second kappa shape index (κ2) is 36.3. The molecule has 0 radical (unpaired) electrons. The number of hydrogen-bond donors (Lipinski definition) is 0. The summed E-state index contributed by atoms with van der Waals surface area (Å²) in [6, 6.07) is 29.8. The molecule has 0 N–H and O–H groups in total. The number of thiazole rings is 1. The fourth-order valence-electron chi connectivity index (χ4n) is 9.98. The summed E-state index contributed by atoms with van der Waals surface area (Å²) >= 11 is 1.62. The Hall–Kier alpha value is -7.51.